The van der Waals surface area contributed by atoms with Crippen molar-refractivity contribution in [2.24, 2.45) is 10.1 Å². The third-order valence-electron chi connectivity index (χ3n) is 6.53. The summed E-state index contributed by atoms with van der Waals surface area (Å²) >= 11 is 0. The summed E-state index contributed by atoms with van der Waals surface area (Å²) in [6.07, 6.45) is 13.8. The minimum atomic E-state index is 0.360. The van der Waals surface area contributed by atoms with Crippen LogP contribution in [-0.4, -0.2) is 36.8 Å². The van der Waals surface area contributed by atoms with Crippen molar-refractivity contribution in [1.29, 1.82) is 0 Å². The van der Waals surface area contributed by atoms with Crippen molar-refractivity contribution in [3.8, 4) is 22.6 Å². The lowest BCUT2D eigenvalue weighted by Crippen LogP contribution is -2.06. The van der Waals surface area contributed by atoms with Crippen molar-refractivity contribution in [1.82, 2.24) is 30.2 Å². The normalized spacial score (nSPS) is 12.3. The largest absolute Gasteiger partial charge is 0.284 e. The molecule has 8 heteroatoms. The van der Waals surface area contributed by atoms with Crippen molar-refractivity contribution in [3.05, 3.63) is 140 Å². The van der Waals surface area contributed by atoms with Crippen LogP contribution in [-0.2, 0) is 0 Å². The number of amidine groups is 1. The fourth-order valence-electron chi connectivity index (χ4n) is 4.69. The molecule has 0 amide bonds. The first-order chi connectivity index (χ1) is 20.8. The molecule has 0 aliphatic rings. The summed E-state index contributed by atoms with van der Waals surface area (Å²) in [5, 5.41) is 16.3. The molecule has 3 heterocycles. The summed E-state index contributed by atoms with van der Waals surface area (Å²) in [6, 6.07) is 26.3. The van der Waals surface area contributed by atoms with Gasteiger partial charge in [0.25, 0.3) is 0 Å². The quantitative estimate of drug-likeness (QED) is 0.0968. The third-order valence-corrected chi connectivity index (χ3v) is 6.53. The van der Waals surface area contributed by atoms with Crippen molar-refractivity contribution in [3.63, 3.8) is 0 Å². The lowest BCUT2D eigenvalue weighted by atomic mass is 10.0. The van der Waals surface area contributed by atoms with E-state index in [4.69, 9.17) is 9.97 Å². The number of aromatic nitrogens is 5. The molecular weight excluding hydrogens is 520 g/mol. The van der Waals surface area contributed by atoms with E-state index in [9.17, 15) is 0 Å². The highest BCUT2D eigenvalue weighted by atomic mass is 15.4. The standard InChI is InChI=1S/C34H26N8/c1-3-5-14-21-35-34(40-36-22-6-4-2)31-32-26-18-11-10-17-25(26)28(23-42(32)41-39-31)33-37-29-20-13-12-19-27(29)30(38-33)24-15-8-7-9-16-24/h3-23,36H,1-2H2/b14-5+,22-6+,35-21+,40-34-. The van der Waals surface area contributed by atoms with Crippen LogP contribution in [0.1, 0.15) is 5.69 Å². The van der Waals surface area contributed by atoms with E-state index in [0.717, 1.165) is 44.0 Å². The number of para-hydroxylation sites is 1. The Balaban J connectivity index is 1.57. The highest BCUT2D eigenvalue weighted by Crippen LogP contribution is 2.34. The number of allylic oxidation sites excluding steroid dienone is 5. The van der Waals surface area contributed by atoms with E-state index >= 15 is 0 Å². The highest BCUT2D eigenvalue weighted by molar-refractivity contribution is 6.14. The van der Waals surface area contributed by atoms with Crippen LogP contribution in [0.15, 0.2) is 145 Å². The lowest BCUT2D eigenvalue weighted by molar-refractivity contribution is 0.855. The van der Waals surface area contributed by atoms with Gasteiger partial charge in [-0.15, -0.1) is 5.10 Å². The van der Waals surface area contributed by atoms with Crippen molar-refractivity contribution in [2.75, 3.05) is 0 Å². The second kappa shape index (κ2) is 12.0. The van der Waals surface area contributed by atoms with Gasteiger partial charge >= 0.3 is 0 Å². The van der Waals surface area contributed by atoms with E-state index in [1.807, 2.05) is 60.8 Å². The molecule has 3 aromatic carbocycles. The van der Waals surface area contributed by atoms with Crippen LogP contribution in [0.3, 0.4) is 0 Å². The molecule has 0 spiro atoms. The molecule has 42 heavy (non-hydrogen) atoms. The molecule has 8 nitrogen and oxygen atoms in total. The van der Waals surface area contributed by atoms with Crippen LogP contribution in [0.2, 0.25) is 0 Å². The SMILES string of the molecule is C=C/C=C/C=N/C(=N\N/C=C/C=C)c1nnn2cc(-c3nc(-c4ccccc4)c4ccccc4n3)c3ccccc3c12. The molecule has 0 saturated heterocycles. The topological polar surface area (TPSA) is 92.7 Å². The molecule has 0 saturated carbocycles. The number of aliphatic imine (C=N–C) groups is 1. The summed E-state index contributed by atoms with van der Waals surface area (Å²) in [7, 11) is 0. The van der Waals surface area contributed by atoms with E-state index in [1.165, 1.54) is 0 Å². The van der Waals surface area contributed by atoms with E-state index in [-0.39, 0.29) is 0 Å². The van der Waals surface area contributed by atoms with Crippen LogP contribution in [0.4, 0.5) is 0 Å². The second-order valence-electron chi connectivity index (χ2n) is 9.16. The number of hydrazone groups is 1. The molecule has 0 atom stereocenters. The molecule has 3 aromatic heterocycles. The number of nitrogens with one attached hydrogen (secondary N) is 1. The Hall–Kier alpha value is -6.02. The van der Waals surface area contributed by atoms with E-state index < -0.39 is 0 Å². The van der Waals surface area contributed by atoms with Gasteiger partial charge < -0.3 is 0 Å². The monoisotopic (exact) mass is 546 g/mol. The fourth-order valence-corrected chi connectivity index (χ4v) is 4.69. The van der Waals surface area contributed by atoms with E-state index in [0.29, 0.717) is 17.4 Å². The zero-order valence-corrected chi connectivity index (χ0v) is 22.7. The first kappa shape index (κ1) is 26.2. The predicted octanol–water partition coefficient (Wildman–Crippen LogP) is 6.92. The maximum atomic E-state index is 5.09. The molecule has 6 aromatic rings. The molecule has 202 valence electrons. The zero-order valence-electron chi connectivity index (χ0n) is 22.7. The smallest absolute Gasteiger partial charge is 0.202 e. The van der Waals surface area contributed by atoms with Crippen molar-refractivity contribution >= 4 is 39.2 Å². The summed E-state index contributed by atoms with van der Waals surface area (Å²) in [4.78, 5) is 14.6. The van der Waals surface area contributed by atoms with Gasteiger partial charge in [0.2, 0.25) is 5.84 Å². The minimum Gasteiger partial charge on any atom is -0.284 e. The summed E-state index contributed by atoms with van der Waals surface area (Å²) in [5.41, 5.74) is 7.75. The van der Waals surface area contributed by atoms with Gasteiger partial charge in [0, 0.05) is 40.5 Å². The molecule has 0 radical (unpaired) electrons. The number of nitrogens with zero attached hydrogens (tertiary/aromatic N) is 7. The molecule has 6 rings (SSSR count). The maximum absolute atomic E-state index is 5.09. The van der Waals surface area contributed by atoms with Gasteiger partial charge in [-0.1, -0.05) is 109 Å². The molecule has 0 bridgehead atoms. The summed E-state index contributed by atoms with van der Waals surface area (Å²) < 4.78 is 1.73. The Morgan fingerprint density at radius 1 is 0.786 bits per heavy atom. The average molecular weight is 547 g/mol. The molecule has 1 N–H and O–H groups in total. The van der Waals surface area contributed by atoms with Gasteiger partial charge in [0.05, 0.1) is 11.2 Å². The van der Waals surface area contributed by atoms with E-state index in [2.05, 4.69) is 63.3 Å². The average Bonchev–Trinajstić information content (AvgIpc) is 3.48. The number of hydrogen-bond donors (Lipinski definition) is 1. The van der Waals surface area contributed by atoms with Crippen LogP contribution in [0.25, 0.3) is 49.8 Å². The Bertz CT molecular complexity index is 2050. The zero-order chi connectivity index (χ0) is 28.7. The van der Waals surface area contributed by atoms with Gasteiger partial charge in [-0.25, -0.2) is 19.5 Å². The van der Waals surface area contributed by atoms with Crippen molar-refractivity contribution < 1.29 is 0 Å². The molecule has 0 aliphatic carbocycles. The Kier molecular flexibility index (Phi) is 7.50. The molecule has 0 unspecified atom stereocenters. The molecule has 0 aliphatic heterocycles. The second-order valence-corrected chi connectivity index (χ2v) is 9.16. The Morgan fingerprint density at radius 2 is 1.52 bits per heavy atom. The van der Waals surface area contributed by atoms with Gasteiger partial charge in [0.1, 0.15) is 5.52 Å². The van der Waals surface area contributed by atoms with Gasteiger partial charge in [-0.2, -0.15) is 5.10 Å². The minimum absolute atomic E-state index is 0.360. The Labute approximate surface area is 242 Å². The number of benzene rings is 3. The highest BCUT2D eigenvalue weighted by Gasteiger charge is 2.20. The number of pyridine rings is 1. The molecule has 0 fully saturated rings. The fraction of sp³-hybridized carbons (Fsp3) is 0. The lowest BCUT2D eigenvalue weighted by Gasteiger charge is -2.12. The Morgan fingerprint density at radius 3 is 2.33 bits per heavy atom. The predicted molar refractivity (Wildman–Crippen MR) is 171 cm³/mol. The summed E-state index contributed by atoms with van der Waals surface area (Å²) in [5.74, 6) is 0.957. The van der Waals surface area contributed by atoms with Crippen LogP contribution in [0.5, 0.6) is 0 Å². The first-order valence-corrected chi connectivity index (χ1v) is 13.3. The van der Waals surface area contributed by atoms with Gasteiger partial charge in [-0.3, -0.25) is 5.43 Å². The third kappa shape index (κ3) is 5.12. The van der Waals surface area contributed by atoms with E-state index in [1.54, 1.807) is 47.3 Å². The summed E-state index contributed by atoms with van der Waals surface area (Å²) in [6.45, 7) is 7.38. The van der Waals surface area contributed by atoms with Crippen LogP contribution < -0.4 is 5.43 Å². The molecular formula is C34H26N8. The van der Waals surface area contributed by atoms with Crippen LogP contribution in [0, 0.1) is 0 Å². The number of rotatable bonds is 8. The van der Waals surface area contributed by atoms with Crippen molar-refractivity contribution in [2.45, 2.75) is 0 Å². The van der Waals surface area contributed by atoms with Crippen LogP contribution >= 0.6 is 0 Å². The van der Waals surface area contributed by atoms with Gasteiger partial charge in [-0.05, 0) is 23.6 Å². The first-order valence-electron chi connectivity index (χ1n) is 13.3. The number of fused-ring (bicyclic) bond motifs is 4. The number of hydrogen-bond acceptors (Lipinski definition) is 6. The van der Waals surface area contributed by atoms with Gasteiger partial charge in [0.15, 0.2) is 11.5 Å². The maximum Gasteiger partial charge on any atom is 0.202 e.